The van der Waals surface area contributed by atoms with E-state index in [2.05, 4.69) is 52.2 Å². The lowest BCUT2D eigenvalue weighted by Gasteiger charge is -2.29. The lowest BCUT2D eigenvalue weighted by atomic mass is 9.92. The van der Waals surface area contributed by atoms with E-state index in [1.807, 2.05) is 0 Å². The van der Waals surface area contributed by atoms with E-state index in [9.17, 15) is 4.79 Å². The monoisotopic (exact) mass is 268 g/mol. The van der Waals surface area contributed by atoms with Gasteiger partial charge in [-0.05, 0) is 45.4 Å². The summed E-state index contributed by atoms with van der Waals surface area (Å²) in [6.07, 6.45) is 4.33. The lowest BCUT2D eigenvalue weighted by molar-refractivity contribution is -0.125. The fourth-order valence-corrected chi connectivity index (χ4v) is 2.69. The molecule has 1 rings (SSSR count). The minimum Gasteiger partial charge on any atom is -0.356 e. The van der Waals surface area contributed by atoms with Crippen molar-refractivity contribution in [3.8, 4) is 0 Å². The molecule has 0 heterocycles. The highest BCUT2D eigenvalue weighted by molar-refractivity contribution is 5.79. The van der Waals surface area contributed by atoms with Crippen LogP contribution in [0.15, 0.2) is 0 Å². The van der Waals surface area contributed by atoms with E-state index < -0.39 is 0 Å². The van der Waals surface area contributed by atoms with Crippen molar-refractivity contribution in [2.45, 2.75) is 78.8 Å². The van der Waals surface area contributed by atoms with Gasteiger partial charge < -0.3 is 10.6 Å². The van der Waals surface area contributed by atoms with Gasteiger partial charge in [-0.3, -0.25) is 4.79 Å². The van der Waals surface area contributed by atoms with Crippen molar-refractivity contribution in [3.05, 3.63) is 0 Å². The Morgan fingerprint density at radius 1 is 1.11 bits per heavy atom. The second-order valence-corrected chi connectivity index (χ2v) is 8.14. The molecule has 3 heteroatoms. The molecular formula is C16H32N2O. The van der Waals surface area contributed by atoms with Crippen LogP contribution in [0.1, 0.15) is 67.2 Å². The molecule has 1 saturated carbocycles. The maximum atomic E-state index is 12.3. The Morgan fingerprint density at radius 2 is 1.74 bits per heavy atom. The van der Waals surface area contributed by atoms with Crippen molar-refractivity contribution in [1.29, 1.82) is 0 Å². The maximum absolute atomic E-state index is 12.3. The van der Waals surface area contributed by atoms with Gasteiger partial charge in [0.2, 0.25) is 5.91 Å². The van der Waals surface area contributed by atoms with Gasteiger partial charge >= 0.3 is 0 Å². The number of amides is 1. The van der Waals surface area contributed by atoms with E-state index >= 15 is 0 Å². The zero-order valence-corrected chi connectivity index (χ0v) is 13.6. The molecule has 19 heavy (non-hydrogen) atoms. The smallest absolute Gasteiger partial charge is 0.224 e. The van der Waals surface area contributed by atoms with Crippen molar-refractivity contribution in [2.24, 2.45) is 11.3 Å². The van der Waals surface area contributed by atoms with Gasteiger partial charge in [0, 0.05) is 18.1 Å². The van der Waals surface area contributed by atoms with Crippen molar-refractivity contribution in [3.63, 3.8) is 0 Å². The standard InChI is InChI=1S/C16H32N2O/c1-15(2,3)10-11-17-14(19)12-8-7-9-13(12)18-16(4,5)6/h12-13,18H,7-11H2,1-6H3,(H,17,19)/t12-,13+/m1/s1. The molecule has 0 spiro atoms. The number of carbonyl (C=O) groups excluding carboxylic acids is 1. The Kier molecular flexibility index (Phi) is 5.43. The largest absolute Gasteiger partial charge is 0.356 e. The fraction of sp³-hybridized carbons (Fsp3) is 0.938. The molecule has 3 nitrogen and oxygen atoms in total. The van der Waals surface area contributed by atoms with Crippen molar-refractivity contribution < 1.29 is 4.79 Å². The highest BCUT2D eigenvalue weighted by Gasteiger charge is 2.34. The summed E-state index contributed by atoms with van der Waals surface area (Å²) in [5.74, 6) is 0.391. The van der Waals surface area contributed by atoms with Gasteiger partial charge in [-0.15, -0.1) is 0 Å². The zero-order valence-electron chi connectivity index (χ0n) is 13.6. The molecule has 1 aliphatic rings. The molecule has 0 aromatic carbocycles. The second-order valence-electron chi connectivity index (χ2n) is 8.14. The highest BCUT2D eigenvalue weighted by atomic mass is 16.1. The highest BCUT2D eigenvalue weighted by Crippen LogP contribution is 2.27. The molecule has 1 aliphatic carbocycles. The summed E-state index contributed by atoms with van der Waals surface area (Å²) in [4.78, 5) is 12.3. The first kappa shape index (κ1) is 16.5. The molecular weight excluding hydrogens is 236 g/mol. The first-order valence-electron chi connectivity index (χ1n) is 7.64. The average Bonchev–Trinajstić information content (AvgIpc) is 2.60. The lowest BCUT2D eigenvalue weighted by Crippen LogP contribution is -2.49. The number of hydrogen-bond acceptors (Lipinski definition) is 2. The normalized spacial score (nSPS) is 24.5. The molecule has 0 aromatic heterocycles. The SMILES string of the molecule is CC(C)(C)CCNC(=O)[C@@H]1CCC[C@@H]1NC(C)(C)C. The van der Waals surface area contributed by atoms with E-state index in [1.165, 1.54) is 0 Å². The van der Waals surface area contributed by atoms with Crippen LogP contribution >= 0.6 is 0 Å². The summed E-state index contributed by atoms with van der Waals surface area (Å²) in [5.41, 5.74) is 0.366. The minimum absolute atomic E-state index is 0.0823. The number of rotatable bonds is 4. The van der Waals surface area contributed by atoms with Crippen LogP contribution in [0.2, 0.25) is 0 Å². The van der Waals surface area contributed by atoms with Crippen LogP contribution < -0.4 is 10.6 Å². The molecule has 0 unspecified atom stereocenters. The topological polar surface area (TPSA) is 41.1 Å². The van der Waals surface area contributed by atoms with E-state index in [-0.39, 0.29) is 22.8 Å². The summed E-state index contributed by atoms with van der Waals surface area (Å²) in [5, 5.41) is 6.71. The number of nitrogens with one attached hydrogen (secondary N) is 2. The molecule has 2 N–H and O–H groups in total. The van der Waals surface area contributed by atoms with Crippen molar-refractivity contribution in [1.82, 2.24) is 10.6 Å². The van der Waals surface area contributed by atoms with Crippen LogP contribution in [0.4, 0.5) is 0 Å². The van der Waals surface area contributed by atoms with E-state index in [4.69, 9.17) is 0 Å². The summed E-state index contributed by atoms with van der Waals surface area (Å²) in [6.45, 7) is 13.9. The average molecular weight is 268 g/mol. The van der Waals surface area contributed by atoms with Crippen LogP contribution in [-0.2, 0) is 4.79 Å². The predicted molar refractivity (Wildman–Crippen MR) is 81.1 cm³/mol. The third-order valence-electron chi connectivity index (χ3n) is 3.65. The number of hydrogen-bond donors (Lipinski definition) is 2. The number of carbonyl (C=O) groups is 1. The van der Waals surface area contributed by atoms with Gasteiger partial charge in [0.1, 0.15) is 0 Å². The maximum Gasteiger partial charge on any atom is 0.224 e. The van der Waals surface area contributed by atoms with Crippen molar-refractivity contribution >= 4 is 5.91 Å². The van der Waals surface area contributed by atoms with E-state index in [0.717, 1.165) is 32.2 Å². The van der Waals surface area contributed by atoms with Gasteiger partial charge in [0.15, 0.2) is 0 Å². The first-order chi connectivity index (χ1) is 8.58. The summed E-state index contributed by atoms with van der Waals surface area (Å²) < 4.78 is 0. The summed E-state index contributed by atoms with van der Waals surface area (Å²) >= 11 is 0. The van der Waals surface area contributed by atoms with E-state index in [1.54, 1.807) is 0 Å². The van der Waals surface area contributed by atoms with Crippen LogP contribution in [0.25, 0.3) is 0 Å². The van der Waals surface area contributed by atoms with Crippen molar-refractivity contribution in [2.75, 3.05) is 6.54 Å². The Balaban J connectivity index is 2.42. The van der Waals surface area contributed by atoms with E-state index in [0.29, 0.717) is 6.04 Å². The van der Waals surface area contributed by atoms with Crippen LogP contribution in [0, 0.1) is 11.3 Å². The molecule has 0 saturated heterocycles. The summed E-state index contributed by atoms with van der Waals surface area (Å²) in [7, 11) is 0. The summed E-state index contributed by atoms with van der Waals surface area (Å²) in [6, 6.07) is 0.342. The van der Waals surface area contributed by atoms with Gasteiger partial charge in [-0.1, -0.05) is 27.2 Å². The predicted octanol–water partition coefficient (Wildman–Crippen LogP) is 3.10. The molecule has 1 fully saturated rings. The first-order valence-corrected chi connectivity index (χ1v) is 7.64. The fourth-order valence-electron chi connectivity index (χ4n) is 2.69. The zero-order chi connectivity index (χ0) is 14.7. The molecule has 0 aliphatic heterocycles. The molecule has 2 atom stereocenters. The Bertz CT molecular complexity index is 299. The van der Waals surface area contributed by atoms with Crippen LogP contribution in [0.3, 0.4) is 0 Å². The second kappa shape index (κ2) is 6.25. The molecule has 0 aromatic rings. The quantitative estimate of drug-likeness (QED) is 0.822. The Hall–Kier alpha value is -0.570. The molecule has 1 amide bonds. The van der Waals surface area contributed by atoms with Crippen LogP contribution in [0.5, 0.6) is 0 Å². The third kappa shape index (κ3) is 6.42. The Morgan fingerprint density at radius 3 is 2.26 bits per heavy atom. The van der Waals surface area contributed by atoms with Gasteiger partial charge in [-0.25, -0.2) is 0 Å². The minimum atomic E-state index is 0.0823. The van der Waals surface area contributed by atoms with Gasteiger partial charge in [-0.2, -0.15) is 0 Å². The Labute approximate surface area is 118 Å². The molecule has 112 valence electrons. The van der Waals surface area contributed by atoms with Crippen LogP contribution in [-0.4, -0.2) is 24.0 Å². The molecule has 0 bridgehead atoms. The third-order valence-corrected chi connectivity index (χ3v) is 3.65. The molecule has 0 radical (unpaired) electrons. The van der Waals surface area contributed by atoms with Gasteiger partial charge in [0.05, 0.1) is 5.92 Å². The van der Waals surface area contributed by atoms with Gasteiger partial charge in [0.25, 0.3) is 0 Å².